The van der Waals surface area contributed by atoms with Gasteiger partial charge in [0.05, 0.1) is 26.0 Å². The van der Waals surface area contributed by atoms with Crippen molar-refractivity contribution in [3.05, 3.63) is 84.2 Å². The fourth-order valence-electron chi connectivity index (χ4n) is 2.70. The molecular weight excluding hydrogens is 364 g/mol. The first-order valence-electron chi connectivity index (χ1n) is 8.25. The van der Waals surface area contributed by atoms with Crippen molar-refractivity contribution in [1.29, 1.82) is 0 Å². The molecule has 0 radical (unpaired) electrons. The Balaban J connectivity index is 2.06. The van der Waals surface area contributed by atoms with Gasteiger partial charge in [-0.05, 0) is 29.8 Å². The van der Waals surface area contributed by atoms with Crippen molar-refractivity contribution in [3.8, 4) is 11.5 Å². The fourth-order valence-corrected chi connectivity index (χ4v) is 4.09. The van der Waals surface area contributed by atoms with Gasteiger partial charge in [0.25, 0.3) is 0 Å². The van der Waals surface area contributed by atoms with Crippen molar-refractivity contribution in [2.45, 2.75) is 10.9 Å². The maximum Gasteiger partial charge on any atom is 0.245 e. The van der Waals surface area contributed by atoms with Gasteiger partial charge in [0, 0.05) is 12.3 Å². The average molecular weight is 384 g/mol. The predicted molar refractivity (Wildman–Crippen MR) is 102 cm³/mol. The van der Waals surface area contributed by atoms with Crippen LogP contribution in [0.3, 0.4) is 0 Å². The third-order valence-corrected chi connectivity index (χ3v) is 5.49. The average Bonchev–Trinajstić information content (AvgIpc) is 2.73. The van der Waals surface area contributed by atoms with E-state index < -0.39 is 16.1 Å². The second-order valence-corrected chi connectivity index (χ2v) is 7.42. The smallest absolute Gasteiger partial charge is 0.245 e. The predicted octanol–water partition coefficient (Wildman–Crippen LogP) is 3.17. The summed E-state index contributed by atoms with van der Waals surface area (Å²) in [4.78, 5) is 4.33. The highest BCUT2D eigenvalue weighted by molar-refractivity contribution is 7.89. The van der Waals surface area contributed by atoms with Crippen LogP contribution in [0.25, 0.3) is 0 Å². The third kappa shape index (κ3) is 4.27. The van der Waals surface area contributed by atoms with Gasteiger partial charge in [-0.25, -0.2) is 8.42 Å². The van der Waals surface area contributed by atoms with Crippen molar-refractivity contribution < 1.29 is 17.9 Å². The molecule has 0 spiro atoms. The monoisotopic (exact) mass is 384 g/mol. The van der Waals surface area contributed by atoms with Crippen molar-refractivity contribution >= 4 is 10.0 Å². The summed E-state index contributed by atoms with van der Waals surface area (Å²) in [5, 5.41) is 0. The van der Waals surface area contributed by atoms with Crippen LogP contribution in [0, 0.1) is 0 Å². The third-order valence-electron chi connectivity index (χ3n) is 4.05. The first-order chi connectivity index (χ1) is 13.0. The second kappa shape index (κ2) is 8.20. The van der Waals surface area contributed by atoms with Crippen LogP contribution in [0.4, 0.5) is 0 Å². The summed E-state index contributed by atoms with van der Waals surface area (Å²) >= 11 is 0. The molecule has 0 fully saturated rings. The van der Waals surface area contributed by atoms with Crippen LogP contribution >= 0.6 is 0 Å². The molecule has 7 heteroatoms. The Kier molecular flexibility index (Phi) is 5.73. The number of hydrogen-bond acceptors (Lipinski definition) is 5. The number of nitrogens with zero attached hydrogens (tertiary/aromatic N) is 1. The lowest BCUT2D eigenvalue weighted by molar-refractivity contribution is 0.391. The zero-order chi connectivity index (χ0) is 19.3. The number of ether oxygens (including phenoxy) is 2. The summed E-state index contributed by atoms with van der Waals surface area (Å²) in [6, 6.07) is 18.7. The van der Waals surface area contributed by atoms with Crippen LogP contribution in [0.1, 0.15) is 17.3 Å². The Bertz CT molecular complexity index is 954. The van der Waals surface area contributed by atoms with Crippen molar-refractivity contribution in [3.63, 3.8) is 0 Å². The molecule has 0 aliphatic carbocycles. The number of aromatic nitrogens is 1. The molecule has 0 saturated carbocycles. The van der Waals surface area contributed by atoms with E-state index in [1.807, 2.05) is 36.4 Å². The van der Waals surface area contributed by atoms with Gasteiger partial charge in [-0.15, -0.1) is 0 Å². The number of nitrogens with one attached hydrogen (secondary N) is 1. The quantitative estimate of drug-likeness (QED) is 0.677. The van der Waals surface area contributed by atoms with E-state index in [1.54, 1.807) is 30.5 Å². The summed E-state index contributed by atoms with van der Waals surface area (Å²) in [7, 11) is -1.02. The molecule has 0 aliphatic rings. The van der Waals surface area contributed by atoms with Crippen LogP contribution in [0.2, 0.25) is 0 Å². The number of methoxy groups -OCH3 is 2. The van der Waals surface area contributed by atoms with Gasteiger partial charge in [-0.1, -0.05) is 36.4 Å². The Morgan fingerprint density at radius 1 is 0.926 bits per heavy atom. The molecule has 0 saturated heterocycles. The SMILES string of the molecule is COc1ccc(OC)c(S(=O)(=O)NC(c2ccccc2)c2ccccn2)c1. The van der Waals surface area contributed by atoms with Crippen LogP contribution in [0.15, 0.2) is 77.8 Å². The molecule has 1 aromatic heterocycles. The standard InChI is InChI=1S/C20H20N2O4S/c1-25-16-11-12-18(26-2)19(14-16)27(23,24)22-20(15-8-4-3-5-9-15)17-10-6-7-13-21-17/h3-14,20,22H,1-2H3. The summed E-state index contributed by atoms with van der Waals surface area (Å²) in [6.45, 7) is 0. The minimum absolute atomic E-state index is 0.00112. The molecule has 140 valence electrons. The van der Waals surface area contributed by atoms with E-state index in [2.05, 4.69) is 9.71 Å². The summed E-state index contributed by atoms with van der Waals surface area (Å²) < 4.78 is 39.5. The highest BCUT2D eigenvalue weighted by Gasteiger charge is 2.27. The molecule has 1 heterocycles. The molecule has 0 bridgehead atoms. The van der Waals surface area contributed by atoms with Gasteiger partial charge in [0.1, 0.15) is 16.4 Å². The minimum atomic E-state index is -3.93. The number of pyridine rings is 1. The zero-order valence-electron chi connectivity index (χ0n) is 15.0. The van der Waals surface area contributed by atoms with Gasteiger partial charge in [0.15, 0.2) is 0 Å². The Morgan fingerprint density at radius 3 is 2.30 bits per heavy atom. The van der Waals surface area contributed by atoms with Crippen LogP contribution in [-0.4, -0.2) is 27.6 Å². The van der Waals surface area contributed by atoms with E-state index in [0.717, 1.165) is 5.56 Å². The highest BCUT2D eigenvalue weighted by atomic mass is 32.2. The highest BCUT2D eigenvalue weighted by Crippen LogP contribution is 2.30. The van der Waals surface area contributed by atoms with E-state index >= 15 is 0 Å². The summed E-state index contributed by atoms with van der Waals surface area (Å²) in [5.74, 6) is 0.654. The van der Waals surface area contributed by atoms with Crippen molar-refractivity contribution in [1.82, 2.24) is 9.71 Å². The van der Waals surface area contributed by atoms with Crippen LogP contribution in [0.5, 0.6) is 11.5 Å². The van der Waals surface area contributed by atoms with Gasteiger partial charge in [0.2, 0.25) is 10.0 Å². The molecular formula is C20H20N2O4S. The summed E-state index contributed by atoms with van der Waals surface area (Å²) in [5.41, 5.74) is 1.37. The lowest BCUT2D eigenvalue weighted by Gasteiger charge is -2.20. The lowest BCUT2D eigenvalue weighted by Crippen LogP contribution is -2.30. The largest absolute Gasteiger partial charge is 0.497 e. The number of benzene rings is 2. The van der Waals surface area contributed by atoms with Crippen molar-refractivity contribution in [2.24, 2.45) is 0 Å². The zero-order valence-corrected chi connectivity index (χ0v) is 15.8. The fraction of sp³-hybridized carbons (Fsp3) is 0.150. The number of sulfonamides is 1. The van der Waals surface area contributed by atoms with Gasteiger partial charge >= 0.3 is 0 Å². The van der Waals surface area contributed by atoms with E-state index in [4.69, 9.17) is 9.47 Å². The molecule has 3 aromatic rings. The molecule has 27 heavy (non-hydrogen) atoms. The van der Waals surface area contributed by atoms with Gasteiger partial charge in [-0.3, -0.25) is 4.98 Å². The molecule has 6 nitrogen and oxygen atoms in total. The van der Waals surface area contributed by atoms with Crippen LogP contribution in [-0.2, 0) is 10.0 Å². The topological polar surface area (TPSA) is 77.5 Å². The van der Waals surface area contributed by atoms with Crippen LogP contribution < -0.4 is 14.2 Å². The van der Waals surface area contributed by atoms with E-state index in [9.17, 15) is 8.42 Å². The lowest BCUT2D eigenvalue weighted by atomic mass is 10.0. The molecule has 1 atom stereocenters. The second-order valence-electron chi connectivity index (χ2n) is 5.74. The molecule has 3 rings (SSSR count). The van der Waals surface area contributed by atoms with Crippen molar-refractivity contribution in [2.75, 3.05) is 14.2 Å². The van der Waals surface area contributed by atoms with E-state index in [0.29, 0.717) is 11.4 Å². The Hall–Kier alpha value is -2.90. The molecule has 0 amide bonds. The van der Waals surface area contributed by atoms with Gasteiger partial charge in [-0.2, -0.15) is 4.72 Å². The molecule has 0 aliphatic heterocycles. The number of hydrogen-bond donors (Lipinski definition) is 1. The summed E-state index contributed by atoms with van der Waals surface area (Å²) in [6.07, 6.45) is 1.63. The maximum absolute atomic E-state index is 13.2. The Labute approximate surface area is 158 Å². The molecule has 1 unspecified atom stereocenters. The maximum atomic E-state index is 13.2. The van der Waals surface area contributed by atoms with E-state index in [-0.39, 0.29) is 10.6 Å². The van der Waals surface area contributed by atoms with E-state index in [1.165, 1.54) is 20.3 Å². The van der Waals surface area contributed by atoms with Gasteiger partial charge < -0.3 is 9.47 Å². The molecule has 1 N–H and O–H groups in total. The minimum Gasteiger partial charge on any atom is -0.497 e. The normalized spacial score (nSPS) is 12.4. The first kappa shape index (κ1) is 18.9. The Morgan fingerprint density at radius 2 is 1.67 bits per heavy atom. The molecule has 2 aromatic carbocycles. The first-order valence-corrected chi connectivity index (χ1v) is 9.73. The number of rotatable bonds is 7.